The third-order valence-corrected chi connectivity index (χ3v) is 7.31. The predicted octanol–water partition coefficient (Wildman–Crippen LogP) is 5.10. The minimum absolute atomic E-state index is 0.194. The number of hydrogen-bond acceptors (Lipinski definition) is 6. The summed E-state index contributed by atoms with van der Waals surface area (Å²) in [5.74, 6) is -0.300. The van der Waals surface area contributed by atoms with Crippen molar-refractivity contribution in [3.8, 4) is 22.6 Å². The van der Waals surface area contributed by atoms with E-state index in [1.165, 1.54) is 16.7 Å². The quantitative estimate of drug-likeness (QED) is 0.0930. The maximum Gasteiger partial charge on any atom is 0.274 e. The summed E-state index contributed by atoms with van der Waals surface area (Å²) in [5, 5.41) is 22.7. The van der Waals surface area contributed by atoms with Gasteiger partial charge >= 0.3 is 0 Å². The monoisotopic (exact) mass is 592 g/mol. The highest BCUT2D eigenvalue weighted by atomic mass is 19.1. The summed E-state index contributed by atoms with van der Waals surface area (Å²) in [7, 11) is 1.61. The molecule has 0 radical (unpaired) electrons. The Morgan fingerprint density at radius 2 is 1.74 bits per heavy atom. The molecule has 2 aromatic carbocycles. The molecule has 5 N–H and O–H groups in total. The largest absolute Gasteiger partial charge is 0.456 e. The highest BCUT2D eigenvalue weighted by molar-refractivity contribution is 6.03. The van der Waals surface area contributed by atoms with Gasteiger partial charge in [-0.2, -0.15) is 0 Å². The maximum atomic E-state index is 14.0. The number of carbonyl (C=O) groups excluding carboxylic acids is 2. The number of hydroxylamine groups is 1. The van der Waals surface area contributed by atoms with Crippen LogP contribution in [0.1, 0.15) is 66.7 Å². The molecule has 2 amide bonds. The van der Waals surface area contributed by atoms with Gasteiger partial charge in [0, 0.05) is 42.7 Å². The molecule has 0 aliphatic carbocycles. The van der Waals surface area contributed by atoms with E-state index in [1.807, 2.05) is 0 Å². The number of fused-ring (bicyclic) bond motifs is 1. The number of halogens is 1. The molecule has 4 rings (SSSR count). The maximum absolute atomic E-state index is 14.0. The van der Waals surface area contributed by atoms with Gasteiger partial charge in [-0.15, -0.1) is 0 Å². The zero-order chi connectivity index (χ0) is 31.5. The van der Waals surface area contributed by atoms with Crippen molar-refractivity contribution in [2.45, 2.75) is 59.0 Å². The molecule has 2 aromatic heterocycles. The molecule has 0 saturated carbocycles. The number of pyridine rings is 1. The Bertz CT molecular complexity index is 1710. The molecule has 0 bridgehead atoms. The number of rotatable bonds is 11. The lowest BCUT2D eigenvalue weighted by Crippen LogP contribution is -2.25. The predicted molar refractivity (Wildman–Crippen MR) is 161 cm³/mol. The number of aryl methyl sites for hydroxylation is 3. The summed E-state index contributed by atoms with van der Waals surface area (Å²) in [6.07, 6.45) is 3.73. The summed E-state index contributed by atoms with van der Waals surface area (Å²) in [6, 6.07) is 9.65. The molecule has 0 atom stereocenters. The Morgan fingerprint density at radius 3 is 2.40 bits per heavy atom. The van der Waals surface area contributed by atoms with Gasteiger partial charge in [0.15, 0.2) is 0 Å². The molecule has 0 unspecified atom stereocenters. The smallest absolute Gasteiger partial charge is 0.274 e. The molecule has 11 heteroatoms. The summed E-state index contributed by atoms with van der Waals surface area (Å²) in [6.45, 7) is 7.20. The van der Waals surface area contributed by atoms with E-state index in [4.69, 9.17) is 9.94 Å². The number of aromatic amines is 1. The van der Waals surface area contributed by atoms with Crippen molar-refractivity contribution in [3.63, 3.8) is 0 Å². The Kier molecular flexibility index (Phi) is 9.37. The van der Waals surface area contributed by atoms with Crippen LogP contribution in [-0.2, 0) is 17.4 Å². The topological polar surface area (TPSA) is 146 Å². The first-order valence-corrected chi connectivity index (χ1v) is 14.1. The number of nitrogens with zero attached hydrogens (tertiary/aromatic N) is 1. The first-order valence-electron chi connectivity index (χ1n) is 14.1. The lowest BCUT2D eigenvalue weighted by molar-refractivity contribution is -0.129. The van der Waals surface area contributed by atoms with Crippen molar-refractivity contribution >= 4 is 22.7 Å². The van der Waals surface area contributed by atoms with E-state index >= 15 is 0 Å². The van der Waals surface area contributed by atoms with Crippen molar-refractivity contribution in [3.05, 3.63) is 81.2 Å². The van der Waals surface area contributed by atoms with Crippen LogP contribution in [0.3, 0.4) is 0 Å². The summed E-state index contributed by atoms with van der Waals surface area (Å²) < 4.78 is 21.8. The number of amides is 2. The van der Waals surface area contributed by atoms with Gasteiger partial charge in [0.25, 0.3) is 11.5 Å². The Labute approximate surface area is 248 Å². The number of aromatic nitrogens is 2. The minimum atomic E-state index is -1.18. The third-order valence-electron chi connectivity index (χ3n) is 7.31. The number of ether oxygens (including phenoxy) is 1. The zero-order valence-electron chi connectivity index (χ0n) is 24.9. The molecular weight excluding hydrogens is 555 g/mol. The van der Waals surface area contributed by atoms with Crippen LogP contribution < -0.4 is 21.1 Å². The second-order valence-electron chi connectivity index (χ2n) is 11.3. The SMILES string of the molecule is Cc1cc(F)cc(C)c1Oc1ccc(C(C)(C)O)cc1-c1cn(C)c(=O)c2[nH]c(C(=O)NCCCCCC(=O)NO)cc12. The van der Waals surface area contributed by atoms with Crippen LogP contribution in [0.15, 0.2) is 47.4 Å². The molecule has 0 fully saturated rings. The van der Waals surface area contributed by atoms with Crippen molar-refractivity contribution in [2.24, 2.45) is 7.05 Å². The number of H-pyrrole nitrogens is 1. The van der Waals surface area contributed by atoms with Gasteiger partial charge in [-0.1, -0.05) is 12.5 Å². The minimum Gasteiger partial charge on any atom is -0.456 e. The molecule has 0 saturated heterocycles. The van der Waals surface area contributed by atoms with E-state index in [9.17, 15) is 23.9 Å². The van der Waals surface area contributed by atoms with Crippen LogP contribution in [0.25, 0.3) is 22.0 Å². The van der Waals surface area contributed by atoms with E-state index in [0.717, 1.165) is 0 Å². The van der Waals surface area contributed by atoms with Gasteiger partial charge in [0.1, 0.15) is 28.5 Å². The summed E-state index contributed by atoms with van der Waals surface area (Å²) in [5.41, 5.74) is 3.50. The van der Waals surface area contributed by atoms with Crippen LogP contribution in [0, 0.1) is 19.7 Å². The summed E-state index contributed by atoms with van der Waals surface area (Å²) >= 11 is 0. The Balaban J connectivity index is 1.73. The molecule has 4 aromatic rings. The van der Waals surface area contributed by atoms with Gasteiger partial charge in [-0.05, 0) is 87.6 Å². The van der Waals surface area contributed by atoms with Crippen LogP contribution >= 0.6 is 0 Å². The van der Waals surface area contributed by atoms with E-state index in [1.54, 1.807) is 70.7 Å². The zero-order valence-corrected chi connectivity index (χ0v) is 24.9. The van der Waals surface area contributed by atoms with Crippen molar-refractivity contribution in [2.75, 3.05) is 6.54 Å². The van der Waals surface area contributed by atoms with Gasteiger partial charge in [0.05, 0.1) is 5.60 Å². The average molecular weight is 593 g/mol. The van der Waals surface area contributed by atoms with Crippen LogP contribution in [0.5, 0.6) is 11.5 Å². The highest BCUT2D eigenvalue weighted by Gasteiger charge is 2.23. The Morgan fingerprint density at radius 1 is 1.05 bits per heavy atom. The van der Waals surface area contributed by atoms with Crippen LogP contribution in [-0.4, -0.2) is 38.2 Å². The number of aliphatic hydroxyl groups is 1. The second kappa shape index (κ2) is 12.8. The number of nitrogens with one attached hydrogen (secondary N) is 3. The highest BCUT2D eigenvalue weighted by Crippen LogP contribution is 2.40. The lowest BCUT2D eigenvalue weighted by Gasteiger charge is -2.22. The molecule has 228 valence electrons. The normalized spacial score (nSPS) is 11.5. The molecule has 0 spiro atoms. The fraction of sp³-hybridized carbons (Fsp3) is 0.344. The average Bonchev–Trinajstić information content (AvgIpc) is 3.40. The number of unbranched alkanes of at least 4 members (excludes halogenated alkanes) is 2. The molecule has 10 nitrogen and oxygen atoms in total. The van der Waals surface area contributed by atoms with Gasteiger partial charge < -0.3 is 24.7 Å². The third kappa shape index (κ3) is 7.12. The van der Waals surface area contributed by atoms with Gasteiger partial charge in [-0.25, -0.2) is 9.87 Å². The molecule has 43 heavy (non-hydrogen) atoms. The van der Waals surface area contributed by atoms with Gasteiger partial charge in [0.2, 0.25) is 5.91 Å². The number of hydrogen-bond donors (Lipinski definition) is 5. The van der Waals surface area contributed by atoms with Gasteiger partial charge in [-0.3, -0.25) is 19.6 Å². The van der Waals surface area contributed by atoms with Crippen LogP contribution in [0.4, 0.5) is 4.39 Å². The first kappa shape index (κ1) is 31.5. The number of benzene rings is 2. The second-order valence-corrected chi connectivity index (χ2v) is 11.3. The lowest BCUT2D eigenvalue weighted by atomic mass is 9.93. The summed E-state index contributed by atoms with van der Waals surface area (Å²) in [4.78, 5) is 40.2. The van der Waals surface area contributed by atoms with E-state index in [-0.39, 0.29) is 29.0 Å². The fourth-order valence-electron chi connectivity index (χ4n) is 4.99. The van der Waals surface area contributed by atoms with E-state index < -0.39 is 17.4 Å². The van der Waals surface area contributed by atoms with Crippen molar-refractivity contribution in [1.29, 1.82) is 0 Å². The first-order chi connectivity index (χ1) is 20.3. The van der Waals surface area contributed by atoms with E-state index in [0.29, 0.717) is 70.5 Å². The van der Waals surface area contributed by atoms with Crippen molar-refractivity contribution < 1.29 is 29.0 Å². The fourth-order valence-corrected chi connectivity index (χ4v) is 4.99. The molecule has 0 aliphatic heterocycles. The number of carbonyl (C=O) groups is 2. The van der Waals surface area contributed by atoms with Crippen molar-refractivity contribution in [1.82, 2.24) is 20.3 Å². The molecule has 0 aliphatic rings. The standard InChI is InChI=1S/C32H37FN4O6/c1-18-13-21(33)14-19(2)29(18)43-26-11-10-20(32(3,4)41)15-22(26)24-17-37(5)31(40)28-23(24)16-25(35-28)30(39)34-12-8-6-7-9-27(38)36-42/h10-11,13-17,35,41-42H,6-9,12H2,1-5H3,(H,34,39)(H,36,38). The molecule has 2 heterocycles. The molecular formula is C32H37FN4O6. The van der Waals surface area contributed by atoms with Crippen LogP contribution in [0.2, 0.25) is 0 Å². The Hall–Kier alpha value is -4.48. The van der Waals surface area contributed by atoms with E-state index in [2.05, 4.69) is 10.3 Å².